The second-order valence-corrected chi connectivity index (χ2v) is 2.98. The molecule has 1 heteroatoms. The molecular formula is C12H14O. The van der Waals surface area contributed by atoms with E-state index in [-0.39, 0.29) is 5.78 Å². The quantitative estimate of drug-likeness (QED) is 0.589. The third kappa shape index (κ3) is 2.05. The predicted molar refractivity (Wildman–Crippen MR) is 56.0 cm³/mol. The molecule has 0 aromatic heterocycles. The van der Waals surface area contributed by atoms with Crippen LogP contribution in [0.3, 0.4) is 0 Å². The van der Waals surface area contributed by atoms with Gasteiger partial charge in [-0.2, -0.15) is 0 Å². The van der Waals surface area contributed by atoms with Crippen LogP contribution in [0.5, 0.6) is 0 Å². The molecule has 1 rings (SSSR count). The van der Waals surface area contributed by atoms with E-state index >= 15 is 0 Å². The van der Waals surface area contributed by atoms with E-state index in [1.54, 1.807) is 6.92 Å². The summed E-state index contributed by atoms with van der Waals surface area (Å²) in [5, 5.41) is 2.29. The molecule has 0 N–H and O–H groups in total. The monoisotopic (exact) mass is 174 g/mol. The van der Waals surface area contributed by atoms with Crippen molar-refractivity contribution >= 4 is 17.9 Å². The maximum Gasteiger partial charge on any atom is 0.159 e. The average Bonchev–Trinajstić information content (AvgIpc) is 2.16. The van der Waals surface area contributed by atoms with Crippen molar-refractivity contribution in [2.24, 2.45) is 0 Å². The molecule has 1 nitrogen and oxygen atoms in total. The fourth-order valence-corrected chi connectivity index (χ4v) is 1.31. The number of benzene rings is 1. The Morgan fingerprint density at radius 2 is 1.77 bits per heavy atom. The van der Waals surface area contributed by atoms with Crippen LogP contribution in [-0.4, -0.2) is 5.78 Å². The van der Waals surface area contributed by atoms with Crippen LogP contribution in [0.15, 0.2) is 18.2 Å². The topological polar surface area (TPSA) is 17.1 Å². The molecule has 68 valence electrons. The average molecular weight is 174 g/mol. The molecule has 0 saturated carbocycles. The van der Waals surface area contributed by atoms with E-state index in [0.29, 0.717) is 0 Å². The Morgan fingerprint density at radius 3 is 2.23 bits per heavy atom. The van der Waals surface area contributed by atoms with Crippen LogP contribution in [0, 0.1) is 0 Å². The van der Waals surface area contributed by atoms with Crippen molar-refractivity contribution in [3.8, 4) is 0 Å². The highest BCUT2D eigenvalue weighted by Crippen LogP contribution is 1.92. The van der Waals surface area contributed by atoms with Gasteiger partial charge in [-0.1, -0.05) is 24.3 Å². The lowest BCUT2D eigenvalue weighted by Crippen LogP contribution is -2.24. The summed E-state index contributed by atoms with van der Waals surface area (Å²) in [5.74, 6) is 0.116. The van der Waals surface area contributed by atoms with Crippen molar-refractivity contribution in [2.75, 3.05) is 0 Å². The molecule has 0 fully saturated rings. The number of hydrogen-bond acceptors (Lipinski definition) is 1. The van der Waals surface area contributed by atoms with Gasteiger partial charge >= 0.3 is 0 Å². The molecule has 0 aliphatic rings. The molecule has 0 aliphatic heterocycles. The van der Waals surface area contributed by atoms with E-state index in [9.17, 15) is 4.79 Å². The third-order valence-electron chi connectivity index (χ3n) is 2.12. The Bertz CT molecular complexity index is 427. The van der Waals surface area contributed by atoms with Gasteiger partial charge in [-0.25, -0.2) is 0 Å². The molecular weight excluding hydrogens is 160 g/mol. The molecule has 0 spiro atoms. The van der Waals surface area contributed by atoms with Gasteiger partial charge in [-0.05, 0) is 37.3 Å². The van der Waals surface area contributed by atoms with Crippen LogP contribution in [0.25, 0.3) is 12.2 Å². The van der Waals surface area contributed by atoms with Gasteiger partial charge < -0.3 is 0 Å². The number of carbonyl (C=O) groups excluding carboxylic acids is 1. The summed E-state index contributed by atoms with van der Waals surface area (Å²) in [6, 6.07) is 5.77. The summed E-state index contributed by atoms with van der Waals surface area (Å²) in [6.07, 6.45) is 4.06. The highest BCUT2D eigenvalue weighted by Gasteiger charge is 1.96. The molecule has 0 aliphatic carbocycles. The fourth-order valence-electron chi connectivity index (χ4n) is 1.31. The normalized spacial score (nSPS) is 13.5. The minimum Gasteiger partial charge on any atom is -0.295 e. The van der Waals surface area contributed by atoms with Gasteiger partial charge in [0.25, 0.3) is 0 Å². The van der Waals surface area contributed by atoms with Crippen molar-refractivity contribution in [3.63, 3.8) is 0 Å². The van der Waals surface area contributed by atoms with Gasteiger partial charge in [-0.3, -0.25) is 4.79 Å². The molecule has 13 heavy (non-hydrogen) atoms. The van der Waals surface area contributed by atoms with Crippen LogP contribution in [0.1, 0.15) is 31.1 Å². The van der Waals surface area contributed by atoms with Crippen molar-refractivity contribution in [2.45, 2.75) is 20.8 Å². The lowest BCUT2D eigenvalue weighted by atomic mass is 10.1. The van der Waals surface area contributed by atoms with Gasteiger partial charge in [-0.15, -0.1) is 0 Å². The van der Waals surface area contributed by atoms with Gasteiger partial charge in [0.2, 0.25) is 0 Å². The van der Waals surface area contributed by atoms with Gasteiger partial charge in [0.15, 0.2) is 5.78 Å². The Labute approximate surface area is 78.4 Å². The van der Waals surface area contributed by atoms with Crippen LogP contribution >= 0.6 is 0 Å². The zero-order chi connectivity index (χ0) is 9.84. The smallest absolute Gasteiger partial charge is 0.159 e. The first-order valence-electron chi connectivity index (χ1n) is 4.42. The standard InChI is InChI=1S/C12H14O/c1-4-10-6-7-12(9(3)13)8-11(10)5-2/h4-8H,1-3H3/b10-4-,11-5-. The summed E-state index contributed by atoms with van der Waals surface area (Å²) in [7, 11) is 0. The molecule has 0 unspecified atom stereocenters. The highest BCUT2D eigenvalue weighted by molar-refractivity contribution is 5.94. The molecule has 0 heterocycles. The van der Waals surface area contributed by atoms with Crippen molar-refractivity contribution in [3.05, 3.63) is 34.2 Å². The largest absolute Gasteiger partial charge is 0.295 e. The van der Waals surface area contributed by atoms with Gasteiger partial charge in [0, 0.05) is 5.56 Å². The lowest BCUT2D eigenvalue weighted by Gasteiger charge is -1.95. The van der Waals surface area contributed by atoms with Crippen LogP contribution in [-0.2, 0) is 0 Å². The summed E-state index contributed by atoms with van der Waals surface area (Å²) in [6.45, 7) is 5.56. The zero-order valence-corrected chi connectivity index (χ0v) is 8.29. The number of ketones is 1. The molecule has 1 aromatic carbocycles. The van der Waals surface area contributed by atoms with Crippen molar-refractivity contribution in [1.82, 2.24) is 0 Å². The Kier molecular flexibility index (Phi) is 3.02. The van der Waals surface area contributed by atoms with E-state index in [1.165, 1.54) is 5.22 Å². The highest BCUT2D eigenvalue weighted by atomic mass is 16.1. The van der Waals surface area contributed by atoms with E-state index in [1.807, 2.05) is 44.2 Å². The Morgan fingerprint density at radius 1 is 1.15 bits per heavy atom. The van der Waals surface area contributed by atoms with Crippen LogP contribution in [0.4, 0.5) is 0 Å². The van der Waals surface area contributed by atoms with Gasteiger partial charge in [0.05, 0.1) is 0 Å². The SMILES string of the molecule is C/C=c1/ccc(C(C)=O)c/c1=C/C. The molecule has 0 bridgehead atoms. The van der Waals surface area contributed by atoms with Crippen molar-refractivity contribution in [1.29, 1.82) is 0 Å². The van der Waals surface area contributed by atoms with E-state index in [0.717, 1.165) is 10.8 Å². The first-order valence-corrected chi connectivity index (χ1v) is 4.42. The lowest BCUT2D eigenvalue weighted by molar-refractivity contribution is 0.101. The summed E-state index contributed by atoms with van der Waals surface area (Å²) in [4.78, 5) is 11.1. The molecule has 0 amide bonds. The number of carbonyl (C=O) groups is 1. The second-order valence-electron chi connectivity index (χ2n) is 2.98. The van der Waals surface area contributed by atoms with E-state index < -0.39 is 0 Å². The third-order valence-corrected chi connectivity index (χ3v) is 2.12. The molecule has 0 radical (unpaired) electrons. The second kappa shape index (κ2) is 4.04. The van der Waals surface area contributed by atoms with E-state index in [2.05, 4.69) is 0 Å². The predicted octanol–water partition coefficient (Wildman–Crippen LogP) is 1.49. The summed E-state index contributed by atoms with van der Waals surface area (Å²) < 4.78 is 0. The van der Waals surface area contributed by atoms with Crippen LogP contribution < -0.4 is 10.4 Å². The fraction of sp³-hybridized carbons (Fsp3) is 0.250. The maximum atomic E-state index is 11.1. The summed E-state index contributed by atoms with van der Waals surface area (Å²) in [5.41, 5.74) is 0.777. The minimum atomic E-state index is 0.116. The van der Waals surface area contributed by atoms with Gasteiger partial charge in [0.1, 0.15) is 0 Å². The number of rotatable bonds is 1. The van der Waals surface area contributed by atoms with E-state index in [4.69, 9.17) is 0 Å². The number of Topliss-reactive ketones (excluding diaryl/α,β-unsaturated/α-hetero) is 1. The zero-order valence-electron chi connectivity index (χ0n) is 8.29. The first kappa shape index (κ1) is 9.72. The first-order chi connectivity index (χ1) is 6.19. The maximum absolute atomic E-state index is 11.1. The Balaban J connectivity index is 3.49. The molecule has 0 atom stereocenters. The Hall–Kier alpha value is -1.37. The summed E-state index contributed by atoms with van der Waals surface area (Å²) >= 11 is 0. The van der Waals surface area contributed by atoms with Crippen molar-refractivity contribution < 1.29 is 4.79 Å². The molecule has 1 aromatic rings. The number of hydrogen-bond donors (Lipinski definition) is 0. The molecule has 0 saturated heterocycles. The minimum absolute atomic E-state index is 0.116. The van der Waals surface area contributed by atoms with Crippen LogP contribution in [0.2, 0.25) is 0 Å².